The molecule has 0 atom stereocenters. The molecule has 3 rings (SSSR count). The van der Waals surface area contributed by atoms with Gasteiger partial charge in [0.25, 0.3) is 11.5 Å². The van der Waals surface area contributed by atoms with E-state index in [1.54, 1.807) is 29.2 Å². The maximum absolute atomic E-state index is 12.3. The van der Waals surface area contributed by atoms with Gasteiger partial charge >= 0.3 is 0 Å². The Balaban J connectivity index is 1.59. The number of hydrogen-bond acceptors (Lipinski definition) is 4. The van der Waals surface area contributed by atoms with Gasteiger partial charge in [-0.25, -0.2) is 4.68 Å². The molecule has 0 N–H and O–H groups in total. The van der Waals surface area contributed by atoms with E-state index in [2.05, 4.69) is 21.0 Å². The third kappa shape index (κ3) is 3.72. The number of aryl methyl sites for hydroxylation is 1. The molecule has 1 fully saturated rings. The van der Waals surface area contributed by atoms with Crippen LogP contribution in [0.25, 0.3) is 0 Å². The van der Waals surface area contributed by atoms with Gasteiger partial charge < -0.3 is 9.32 Å². The Morgan fingerprint density at radius 2 is 2.04 bits per heavy atom. The second-order valence-electron chi connectivity index (χ2n) is 5.83. The van der Waals surface area contributed by atoms with Gasteiger partial charge in [-0.05, 0) is 59.8 Å². The lowest BCUT2D eigenvalue weighted by Crippen LogP contribution is -2.40. The largest absolute Gasteiger partial charge is 0.444 e. The molecule has 6 nitrogen and oxygen atoms in total. The molecule has 2 aromatic rings. The number of aromatic nitrogens is 2. The molecule has 23 heavy (non-hydrogen) atoms. The summed E-state index contributed by atoms with van der Waals surface area (Å²) in [6, 6.07) is 6.67. The fraction of sp³-hybridized carbons (Fsp3) is 0.438. The summed E-state index contributed by atoms with van der Waals surface area (Å²) >= 11 is 3.21. The van der Waals surface area contributed by atoms with Crippen molar-refractivity contribution in [3.63, 3.8) is 0 Å². The second kappa shape index (κ2) is 6.70. The summed E-state index contributed by atoms with van der Waals surface area (Å²) in [4.78, 5) is 25.9. The normalized spacial score (nSPS) is 15.8. The number of amides is 1. The fourth-order valence-electron chi connectivity index (χ4n) is 2.83. The highest BCUT2D eigenvalue weighted by atomic mass is 79.9. The molecule has 2 aromatic heterocycles. The van der Waals surface area contributed by atoms with Crippen LogP contribution in [0.5, 0.6) is 0 Å². The van der Waals surface area contributed by atoms with Crippen molar-refractivity contribution in [3.8, 4) is 0 Å². The average molecular weight is 380 g/mol. The van der Waals surface area contributed by atoms with Crippen molar-refractivity contribution < 1.29 is 9.21 Å². The van der Waals surface area contributed by atoms with E-state index in [1.165, 1.54) is 4.68 Å². The topological polar surface area (TPSA) is 68.3 Å². The van der Waals surface area contributed by atoms with Gasteiger partial charge in [-0.3, -0.25) is 9.59 Å². The molecule has 1 aliphatic heterocycles. The number of nitrogens with zero attached hydrogens (tertiary/aromatic N) is 3. The quantitative estimate of drug-likeness (QED) is 0.821. The van der Waals surface area contributed by atoms with Crippen LogP contribution < -0.4 is 5.56 Å². The van der Waals surface area contributed by atoms with Crippen LogP contribution in [0, 0.1) is 12.8 Å². The summed E-state index contributed by atoms with van der Waals surface area (Å²) in [6.07, 6.45) is 1.71. The number of carbonyl (C=O) groups is 1. The summed E-state index contributed by atoms with van der Waals surface area (Å²) in [7, 11) is 0. The Morgan fingerprint density at radius 1 is 1.30 bits per heavy atom. The second-order valence-corrected chi connectivity index (χ2v) is 6.62. The zero-order valence-electron chi connectivity index (χ0n) is 12.9. The lowest BCUT2D eigenvalue weighted by molar-refractivity contribution is 0.0647. The van der Waals surface area contributed by atoms with E-state index in [9.17, 15) is 9.59 Å². The van der Waals surface area contributed by atoms with Gasteiger partial charge in [0.1, 0.15) is 0 Å². The van der Waals surface area contributed by atoms with Crippen LogP contribution >= 0.6 is 15.9 Å². The third-order valence-corrected chi connectivity index (χ3v) is 4.54. The van der Waals surface area contributed by atoms with Crippen LogP contribution in [-0.2, 0) is 6.54 Å². The Hall–Kier alpha value is -1.89. The Labute approximate surface area is 142 Å². The van der Waals surface area contributed by atoms with Crippen molar-refractivity contribution in [1.82, 2.24) is 14.7 Å². The highest BCUT2D eigenvalue weighted by Crippen LogP contribution is 2.22. The Kier molecular flexibility index (Phi) is 4.66. The van der Waals surface area contributed by atoms with Crippen molar-refractivity contribution >= 4 is 21.8 Å². The number of carbonyl (C=O) groups excluding carboxylic acids is 1. The minimum absolute atomic E-state index is 0.0745. The van der Waals surface area contributed by atoms with Crippen molar-refractivity contribution in [1.29, 1.82) is 0 Å². The summed E-state index contributed by atoms with van der Waals surface area (Å²) in [5.41, 5.74) is 0.759. The molecule has 0 radical (unpaired) electrons. The smallest absolute Gasteiger partial charge is 0.289 e. The lowest BCUT2D eigenvalue weighted by Gasteiger charge is -2.31. The first-order valence-corrected chi connectivity index (χ1v) is 8.41. The van der Waals surface area contributed by atoms with Crippen molar-refractivity contribution in [2.45, 2.75) is 26.3 Å². The van der Waals surface area contributed by atoms with E-state index in [0.29, 0.717) is 36.0 Å². The molecule has 0 aromatic carbocycles. The SMILES string of the molecule is Cc1ccc(=O)n(CC2CCN(C(=O)c3ccc(Br)o3)CC2)n1. The monoisotopic (exact) mass is 379 g/mol. The number of hydrogen-bond donors (Lipinski definition) is 0. The zero-order chi connectivity index (χ0) is 16.4. The van der Waals surface area contributed by atoms with Gasteiger partial charge in [-0.15, -0.1) is 0 Å². The Bertz CT molecular complexity index is 760. The molecule has 0 aliphatic carbocycles. The molecule has 0 unspecified atom stereocenters. The highest BCUT2D eigenvalue weighted by molar-refractivity contribution is 9.10. The van der Waals surface area contributed by atoms with Gasteiger partial charge in [0.2, 0.25) is 0 Å². The number of furan rings is 1. The van der Waals surface area contributed by atoms with E-state index in [-0.39, 0.29) is 11.5 Å². The van der Waals surface area contributed by atoms with E-state index < -0.39 is 0 Å². The molecule has 1 saturated heterocycles. The van der Waals surface area contributed by atoms with Crippen molar-refractivity contribution in [3.05, 3.63) is 50.7 Å². The highest BCUT2D eigenvalue weighted by Gasteiger charge is 2.25. The molecule has 0 saturated carbocycles. The molecule has 1 aliphatic rings. The standard InChI is InChI=1S/C16H18BrN3O3/c1-11-2-5-15(21)20(18-11)10-12-6-8-19(9-7-12)16(22)13-3-4-14(17)23-13/h2-5,12H,6-10H2,1H3. The van der Waals surface area contributed by atoms with Gasteiger partial charge in [0, 0.05) is 25.7 Å². The van der Waals surface area contributed by atoms with E-state index in [4.69, 9.17) is 4.42 Å². The zero-order valence-corrected chi connectivity index (χ0v) is 14.5. The molecule has 122 valence electrons. The van der Waals surface area contributed by atoms with Crippen LogP contribution in [0.2, 0.25) is 0 Å². The van der Waals surface area contributed by atoms with Crippen LogP contribution in [0.1, 0.15) is 29.1 Å². The third-order valence-electron chi connectivity index (χ3n) is 4.12. The number of piperidine rings is 1. The molecule has 1 amide bonds. The predicted octanol–water partition coefficient (Wildman–Crippen LogP) is 2.46. The number of likely N-dealkylation sites (tertiary alicyclic amines) is 1. The molecular weight excluding hydrogens is 362 g/mol. The molecule has 3 heterocycles. The lowest BCUT2D eigenvalue weighted by atomic mass is 9.96. The maximum Gasteiger partial charge on any atom is 0.289 e. The Morgan fingerprint density at radius 3 is 2.70 bits per heavy atom. The van der Waals surface area contributed by atoms with Gasteiger partial charge in [0.15, 0.2) is 10.4 Å². The van der Waals surface area contributed by atoms with Crippen LogP contribution in [0.15, 0.2) is 38.1 Å². The molecule has 7 heteroatoms. The van der Waals surface area contributed by atoms with Crippen LogP contribution in [0.4, 0.5) is 0 Å². The van der Waals surface area contributed by atoms with E-state index in [0.717, 1.165) is 18.5 Å². The first-order chi connectivity index (χ1) is 11.0. The van der Waals surface area contributed by atoms with E-state index >= 15 is 0 Å². The predicted molar refractivity (Wildman–Crippen MR) is 88.3 cm³/mol. The molecular formula is C16H18BrN3O3. The van der Waals surface area contributed by atoms with Gasteiger partial charge in [0.05, 0.1) is 5.69 Å². The van der Waals surface area contributed by atoms with Crippen LogP contribution in [-0.4, -0.2) is 33.7 Å². The molecule has 0 bridgehead atoms. The minimum Gasteiger partial charge on any atom is -0.444 e. The molecule has 0 spiro atoms. The fourth-order valence-corrected chi connectivity index (χ4v) is 3.14. The van der Waals surface area contributed by atoms with E-state index in [1.807, 2.05) is 6.92 Å². The van der Waals surface area contributed by atoms with Crippen LogP contribution in [0.3, 0.4) is 0 Å². The first kappa shape index (κ1) is 16.0. The van der Waals surface area contributed by atoms with Crippen molar-refractivity contribution in [2.75, 3.05) is 13.1 Å². The number of halogens is 1. The summed E-state index contributed by atoms with van der Waals surface area (Å²) < 4.78 is 7.40. The number of rotatable bonds is 3. The maximum atomic E-state index is 12.3. The van der Waals surface area contributed by atoms with Gasteiger partial charge in [-0.1, -0.05) is 0 Å². The minimum atomic E-state index is -0.0833. The summed E-state index contributed by atoms with van der Waals surface area (Å²) in [5, 5.41) is 4.27. The summed E-state index contributed by atoms with van der Waals surface area (Å²) in [6.45, 7) is 3.82. The van der Waals surface area contributed by atoms with Crippen molar-refractivity contribution in [2.24, 2.45) is 5.92 Å². The van der Waals surface area contributed by atoms with Gasteiger partial charge in [-0.2, -0.15) is 5.10 Å². The first-order valence-electron chi connectivity index (χ1n) is 7.62. The average Bonchev–Trinajstić information content (AvgIpc) is 2.97. The summed E-state index contributed by atoms with van der Waals surface area (Å²) in [5.74, 6) is 0.626.